The van der Waals surface area contributed by atoms with Crippen LogP contribution in [0.25, 0.3) is 0 Å². The summed E-state index contributed by atoms with van der Waals surface area (Å²) >= 11 is 1.86. The van der Waals surface area contributed by atoms with E-state index in [1.165, 1.54) is 0 Å². The molecule has 1 aromatic carbocycles. The summed E-state index contributed by atoms with van der Waals surface area (Å²) in [6, 6.07) is 4.03. The Balaban J connectivity index is 2.05. The number of hydrogen-bond donors (Lipinski definition) is 1. The van der Waals surface area contributed by atoms with Gasteiger partial charge in [-0.2, -0.15) is 11.8 Å². The molecule has 0 radical (unpaired) electrons. The van der Waals surface area contributed by atoms with E-state index in [1.807, 2.05) is 23.9 Å². The van der Waals surface area contributed by atoms with Crippen LogP contribution < -0.4 is 19.5 Å². The molecule has 1 aromatic rings. The van der Waals surface area contributed by atoms with Crippen LogP contribution in [0.15, 0.2) is 12.1 Å². The number of thioether (sulfide) groups is 1. The highest BCUT2D eigenvalue weighted by Crippen LogP contribution is 2.40. The fourth-order valence-electron chi connectivity index (χ4n) is 2.01. The number of fused-ring (bicyclic) bond motifs is 1. The van der Waals surface area contributed by atoms with Gasteiger partial charge in [0.05, 0.1) is 7.11 Å². The van der Waals surface area contributed by atoms with Crippen molar-refractivity contribution in [2.45, 2.75) is 25.1 Å². The third kappa shape index (κ3) is 3.73. The third-order valence-corrected chi connectivity index (χ3v) is 4.57. The van der Waals surface area contributed by atoms with E-state index in [0.29, 0.717) is 19.0 Å². The summed E-state index contributed by atoms with van der Waals surface area (Å²) in [6.07, 6.45) is 2.13. The lowest BCUT2D eigenvalue weighted by Gasteiger charge is -2.24. The SMILES string of the molecule is COc1cc(CNCC(C)(C)SC)cc2c1OCCO2. The second-order valence-corrected chi connectivity index (χ2v) is 6.90. The maximum atomic E-state index is 5.64. The number of rotatable bonds is 6. The topological polar surface area (TPSA) is 39.7 Å². The first-order chi connectivity index (χ1) is 9.55. The van der Waals surface area contributed by atoms with Crippen molar-refractivity contribution < 1.29 is 14.2 Å². The molecule has 5 heteroatoms. The van der Waals surface area contributed by atoms with E-state index in [0.717, 1.165) is 30.2 Å². The maximum Gasteiger partial charge on any atom is 0.203 e. The van der Waals surface area contributed by atoms with Gasteiger partial charge in [0, 0.05) is 17.8 Å². The van der Waals surface area contributed by atoms with Gasteiger partial charge in [-0.15, -0.1) is 0 Å². The molecule has 1 heterocycles. The van der Waals surface area contributed by atoms with Crippen molar-refractivity contribution in [2.24, 2.45) is 0 Å². The molecule has 0 atom stereocenters. The second kappa shape index (κ2) is 6.59. The highest BCUT2D eigenvalue weighted by atomic mass is 32.2. The highest BCUT2D eigenvalue weighted by Gasteiger charge is 2.19. The number of nitrogens with one attached hydrogen (secondary N) is 1. The van der Waals surface area contributed by atoms with Gasteiger partial charge in [-0.05, 0) is 37.8 Å². The minimum Gasteiger partial charge on any atom is -0.493 e. The van der Waals surface area contributed by atoms with Crippen LogP contribution in [0.1, 0.15) is 19.4 Å². The smallest absolute Gasteiger partial charge is 0.203 e. The van der Waals surface area contributed by atoms with Crippen LogP contribution in [0.3, 0.4) is 0 Å². The van der Waals surface area contributed by atoms with E-state index >= 15 is 0 Å². The largest absolute Gasteiger partial charge is 0.493 e. The van der Waals surface area contributed by atoms with Crippen molar-refractivity contribution in [3.8, 4) is 17.2 Å². The standard InChI is InChI=1S/C15H23NO3S/c1-15(2,20-4)10-16-9-11-7-12(17-3)14-13(8-11)18-5-6-19-14/h7-8,16H,5-6,9-10H2,1-4H3. The van der Waals surface area contributed by atoms with E-state index in [-0.39, 0.29) is 4.75 Å². The van der Waals surface area contributed by atoms with Crippen LogP contribution in [0.5, 0.6) is 17.2 Å². The van der Waals surface area contributed by atoms with E-state index in [4.69, 9.17) is 14.2 Å². The molecular formula is C15H23NO3S. The van der Waals surface area contributed by atoms with Crippen LogP contribution in [-0.2, 0) is 6.54 Å². The molecule has 4 nitrogen and oxygen atoms in total. The van der Waals surface area contributed by atoms with Crippen molar-refractivity contribution in [3.05, 3.63) is 17.7 Å². The molecule has 20 heavy (non-hydrogen) atoms. The normalized spacial score (nSPS) is 14.2. The van der Waals surface area contributed by atoms with Crippen LogP contribution >= 0.6 is 11.8 Å². The predicted octanol–water partition coefficient (Wildman–Crippen LogP) is 2.70. The Labute approximate surface area is 125 Å². The molecule has 0 saturated carbocycles. The van der Waals surface area contributed by atoms with E-state index < -0.39 is 0 Å². The molecule has 2 rings (SSSR count). The zero-order valence-corrected chi connectivity index (χ0v) is 13.4. The molecule has 0 spiro atoms. The molecule has 0 saturated heterocycles. The highest BCUT2D eigenvalue weighted by molar-refractivity contribution is 7.99. The molecular weight excluding hydrogens is 274 g/mol. The number of ether oxygens (including phenoxy) is 3. The summed E-state index contributed by atoms with van der Waals surface area (Å²) in [6.45, 7) is 7.36. The fraction of sp³-hybridized carbons (Fsp3) is 0.600. The molecule has 0 bridgehead atoms. The molecule has 1 aliphatic heterocycles. The predicted molar refractivity (Wildman–Crippen MR) is 83.3 cm³/mol. The molecule has 0 aromatic heterocycles. The number of hydrogen-bond acceptors (Lipinski definition) is 5. The molecule has 0 unspecified atom stereocenters. The summed E-state index contributed by atoms with van der Waals surface area (Å²) in [5, 5.41) is 3.48. The van der Waals surface area contributed by atoms with Crippen molar-refractivity contribution in [3.63, 3.8) is 0 Å². The minimum atomic E-state index is 0.234. The first kappa shape index (κ1) is 15.3. The minimum absolute atomic E-state index is 0.234. The summed E-state index contributed by atoms with van der Waals surface area (Å²) < 4.78 is 16.9. The lowest BCUT2D eigenvalue weighted by atomic mass is 10.1. The lowest BCUT2D eigenvalue weighted by Crippen LogP contribution is -2.31. The molecule has 1 aliphatic rings. The van der Waals surface area contributed by atoms with Gasteiger partial charge in [-0.3, -0.25) is 0 Å². The van der Waals surface area contributed by atoms with Crippen molar-refractivity contribution in [1.82, 2.24) is 5.32 Å². The van der Waals surface area contributed by atoms with Crippen LogP contribution in [-0.4, -0.2) is 37.9 Å². The van der Waals surface area contributed by atoms with Gasteiger partial charge in [0.2, 0.25) is 5.75 Å². The van der Waals surface area contributed by atoms with Crippen LogP contribution in [0, 0.1) is 0 Å². The van der Waals surface area contributed by atoms with Gasteiger partial charge in [0.1, 0.15) is 13.2 Å². The fourth-order valence-corrected chi connectivity index (χ4v) is 2.26. The average Bonchev–Trinajstić information content (AvgIpc) is 2.46. The zero-order chi connectivity index (χ0) is 14.6. The lowest BCUT2D eigenvalue weighted by molar-refractivity contribution is 0.165. The van der Waals surface area contributed by atoms with E-state index in [9.17, 15) is 0 Å². The molecule has 112 valence electrons. The van der Waals surface area contributed by atoms with E-state index in [1.54, 1.807) is 7.11 Å². The molecule has 0 amide bonds. The zero-order valence-electron chi connectivity index (χ0n) is 12.6. The first-order valence-electron chi connectivity index (χ1n) is 6.78. The van der Waals surface area contributed by atoms with Gasteiger partial charge in [0.15, 0.2) is 11.5 Å². The average molecular weight is 297 g/mol. The van der Waals surface area contributed by atoms with Gasteiger partial charge in [-0.25, -0.2) is 0 Å². The summed E-state index contributed by atoms with van der Waals surface area (Å²) in [5.41, 5.74) is 1.14. The Morgan fingerprint density at radius 1 is 1.30 bits per heavy atom. The number of methoxy groups -OCH3 is 1. The molecule has 1 N–H and O–H groups in total. The Hall–Kier alpha value is -1.07. The Morgan fingerprint density at radius 3 is 2.75 bits per heavy atom. The second-order valence-electron chi connectivity index (χ2n) is 5.39. The van der Waals surface area contributed by atoms with Gasteiger partial charge >= 0.3 is 0 Å². The summed E-state index contributed by atoms with van der Waals surface area (Å²) in [7, 11) is 1.65. The van der Waals surface area contributed by atoms with Gasteiger partial charge < -0.3 is 19.5 Å². The van der Waals surface area contributed by atoms with Crippen molar-refractivity contribution in [2.75, 3.05) is 33.1 Å². The quantitative estimate of drug-likeness (QED) is 0.874. The third-order valence-electron chi connectivity index (χ3n) is 3.32. The first-order valence-corrected chi connectivity index (χ1v) is 8.00. The van der Waals surface area contributed by atoms with Crippen molar-refractivity contribution in [1.29, 1.82) is 0 Å². The summed E-state index contributed by atoms with van der Waals surface area (Å²) in [4.78, 5) is 0. The Bertz CT molecular complexity index is 445. The molecule has 0 aliphatic carbocycles. The summed E-state index contributed by atoms with van der Waals surface area (Å²) in [5.74, 6) is 2.23. The van der Waals surface area contributed by atoms with Gasteiger partial charge in [-0.1, -0.05) is 0 Å². The monoisotopic (exact) mass is 297 g/mol. The number of benzene rings is 1. The maximum absolute atomic E-state index is 5.64. The Kier molecular flexibility index (Phi) is 5.05. The van der Waals surface area contributed by atoms with Crippen LogP contribution in [0.4, 0.5) is 0 Å². The van der Waals surface area contributed by atoms with Gasteiger partial charge in [0.25, 0.3) is 0 Å². The van der Waals surface area contributed by atoms with Crippen molar-refractivity contribution >= 4 is 11.8 Å². The van der Waals surface area contributed by atoms with E-state index in [2.05, 4.69) is 25.4 Å². The molecule has 0 fully saturated rings. The van der Waals surface area contributed by atoms with Crippen LogP contribution in [0.2, 0.25) is 0 Å². The Morgan fingerprint density at radius 2 is 2.05 bits per heavy atom.